The minimum absolute atomic E-state index is 0.229. The molecule has 1 aliphatic rings. The minimum Gasteiger partial charge on any atom is -0.493 e. The molecule has 2 rings (SSSR count). The third kappa shape index (κ3) is 1.90. The lowest BCUT2D eigenvalue weighted by atomic mass is 10.0. The summed E-state index contributed by atoms with van der Waals surface area (Å²) in [5, 5.41) is 9.22. The Hall–Kier alpha value is -1.02. The van der Waals surface area contributed by atoms with Crippen LogP contribution in [0.15, 0.2) is 18.2 Å². The highest BCUT2D eigenvalue weighted by Crippen LogP contribution is 2.30. The van der Waals surface area contributed by atoms with Gasteiger partial charge in [-0.05, 0) is 30.9 Å². The van der Waals surface area contributed by atoms with Crippen LogP contribution in [0.3, 0.4) is 0 Å². The second-order valence-corrected chi connectivity index (χ2v) is 3.89. The zero-order valence-corrected chi connectivity index (χ0v) is 8.49. The van der Waals surface area contributed by atoms with Gasteiger partial charge in [-0.25, -0.2) is 0 Å². The van der Waals surface area contributed by atoms with E-state index in [0.29, 0.717) is 0 Å². The van der Waals surface area contributed by atoms with E-state index in [-0.39, 0.29) is 6.10 Å². The van der Waals surface area contributed by atoms with E-state index in [1.165, 1.54) is 11.1 Å². The number of rotatable bonds is 3. The van der Waals surface area contributed by atoms with E-state index < -0.39 is 0 Å². The maximum absolute atomic E-state index is 9.22. The third-order valence-corrected chi connectivity index (χ3v) is 2.63. The number of hydrogen-bond acceptors (Lipinski definition) is 2. The van der Waals surface area contributed by atoms with Crippen molar-refractivity contribution in [1.29, 1.82) is 0 Å². The fraction of sp³-hybridized carbons (Fsp3) is 0.500. The first kappa shape index (κ1) is 9.53. The maximum atomic E-state index is 9.22. The molecule has 0 saturated heterocycles. The van der Waals surface area contributed by atoms with E-state index in [1.54, 1.807) is 0 Å². The van der Waals surface area contributed by atoms with Crippen molar-refractivity contribution >= 4 is 0 Å². The van der Waals surface area contributed by atoms with E-state index >= 15 is 0 Å². The average Bonchev–Trinajstić information content (AvgIpc) is 2.62. The van der Waals surface area contributed by atoms with Gasteiger partial charge in [0.1, 0.15) is 5.75 Å². The van der Waals surface area contributed by atoms with E-state index in [0.717, 1.165) is 31.6 Å². The van der Waals surface area contributed by atoms with E-state index in [1.807, 2.05) is 6.92 Å². The average molecular weight is 192 g/mol. The molecule has 1 unspecified atom stereocenters. The van der Waals surface area contributed by atoms with Crippen LogP contribution in [0.25, 0.3) is 0 Å². The normalized spacial score (nSPS) is 16.1. The Balaban J connectivity index is 2.14. The number of benzene rings is 1. The Labute approximate surface area is 84.5 Å². The Morgan fingerprint density at radius 2 is 2.36 bits per heavy atom. The summed E-state index contributed by atoms with van der Waals surface area (Å²) in [6, 6.07) is 6.28. The fourth-order valence-electron chi connectivity index (χ4n) is 1.84. The first-order chi connectivity index (χ1) is 6.77. The molecule has 0 radical (unpaired) electrons. The lowest BCUT2D eigenvalue weighted by Crippen LogP contribution is -2.02. The molecule has 0 bridgehead atoms. The zero-order chi connectivity index (χ0) is 9.97. The summed E-state index contributed by atoms with van der Waals surface area (Å²) >= 11 is 0. The SMILES string of the molecule is CC(O)CCc1cccc2c1OCC2. The number of ether oxygens (including phenoxy) is 1. The van der Waals surface area contributed by atoms with Gasteiger partial charge in [-0.15, -0.1) is 0 Å². The van der Waals surface area contributed by atoms with Crippen LogP contribution in [0.5, 0.6) is 5.75 Å². The largest absolute Gasteiger partial charge is 0.493 e. The molecule has 0 aliphatic carbocycles. The number of hydrogen-bond donors (Lipinski definition) is 1. The number of aliphatic hydroxyl groups excluding tert-OH is 1. The molecule has 1 aliphatic heterocycles. The van der Waals surface area contributed by atoms with Crippen molar-refractivity contribution in [1.82, 2.24) is 0 Å². The molecule has 76 valence electrons. The summed E-state index contributed by atoms with van der Waals surface area (Å²) in [4.78, 5) is 0. The van der Waals surface area contributed by atoms with E-state index in [4.69, 9.17) is 4.74 Å². The van der Waals surface area contributed by atoms with Crippen LogP contribution >= 0.6 is 0 Å². The monoisotopic (exact) mass is 192 g/mol. The predicted octanol–water partition coefficient (Wildman–Crippen LogP) is 1.93. The third-order valence-electron chi connectivity index (χ3n) is 2.63. The van der Waals surface area contributed by atoms with Gasteiger partial charge < -0.3 is 9.84 Å². The Kier molecular flexibility index (Phi) is 2.73. The number of fused-ring (bicyclic) bond motifs is 1. The van der Waals surface area contributed by atoms with Gasteiger partial charge >= 0.3 is 0 Å². The van der Waals surface area contributed by atoms with Crippen molar-refractivity contribution in [3.8, 4) is 5.75 Å². The van der Waals surface area contributed by atoms with Gasteiger partial charge in [0.15, 0.2) is 0 Å². The van der Waals surface area contributed by atoms with Gasteiger partial charge in [-0.1, -0.05) is 18.2 Å². The summed E-state index contributed by atoms with van der Waals surface area (Å²) in [6.45, 7) is 2.63. The summed E-state index contributed by atoms with van der Waals surface area (Å²) in [6.07, 6.45) is 2.51. The lowest BCUT2D eigenvalue weighted by molar-refractivity contribution is 0.184. The molecule has 0 saturated carbocycles. The lowest BCUT2D eigenvalue weighted by Gasteiger charge is -2.08. The molecule has 1 heterocycles. The molecular formula is C12H16O2. The molecule has 1 atom stereocenters. The number of aryl methyl sites for hydroxylation is 1. The highest BCUT2D eigenvalue weighted by Gasteiger charge is 2.15. The first-order valence-corrected chi connectivity index (χ1v) is 5.19. The summed E-state index contributed by atoms with van der Waals surface area (Å²) in [7, 11) is 0. The van der Waals surface area contributed by atoms with Crippen molar-refractivity contribution in [2.24, 2.45) is 0 Å². The number of para-hydroxylation sites is 1. The molecule has 2 nitrogen and oxygen atoms in total. The van der Waals surface area contributed by atoms with Gasteiger partial charge in [0.05, 0.1) is 12.7 Å². The second-order valence-electron chi connectivity index (χ2n) is 3.89. The van der Waals surface area contributed by atoms with E-state index in [2.05, 4.69) is 18.2 Å². The fourth-order valence-corrected chi connectivity index (χ4v) is 1.84. The van der Waals surface area contributed by atoms with Crippen molar-refractivity contribution in [3.05, 3.63) is 29.3 Å². The predicted molar refractivity (Wildman–Crippen MR) is 55.6 cm³/mol. The number of aliphatic hydroxyl groups is 1. The van der Waals surface area contributed by atoms with Crippen molar-refractivity contribution in [2.45, 2.75) is 32.3 Å². The highest BCUT2D eigenvalue weighted by atomic mass is 16.5. The van der Waals surface area contributed by atoms with Crippen LogP contribution in [-0.2, 0) is 12.8 Å². The first-order valence-electron chi connectivity index (χ1n) is 5.19. The van der Waals surface area contributed by atoms with Crippen LogP contribution in [-0.4, -0.2) is 17.8 Å². The van der Waals surface area contributed by atoms with E-state index in [9.17, 15) is 5.11 Å². The molecule has 0 aromatic heterocycles. The minimum atomic E-state index is -0.229. The highest BCUT2D eigenvalue weighted by molar-refractivity contribution is 5.44. The summed E-state index contributed by atoms with van der Waals surface area (Å²) < 4.78 is 5.58. The van der Waals surface area contributed by atoms with Crippen LogP contribution in [0.4, 0.5) is 0 Å². The molecule has 0 fully saturated rings. The van der Waals surface area contributed by atoms with Crippen molar-refractivity contribution in [2.75, 3.05) is 6.61 Å². The Morgan fingerprint density at radius 1 is 1.50 bits per heavy atom. The zero-order valence-electron chi connectivity index (χ0n) is 8.49. The maximum Gasteiger partial charge on any atom is 0.125 e. The molecule has 2 heteroatoms. The van der Waals surface area contributed by atoms with Gasteiger partial charge in [0.25, 0.3) is 0 Å². The molecule has 1 N–H and O–H groups in total. The van der Waals surface area contributed by atoms with Gasteiger partial charge in [0, 0.05) is 6.42 Å². The van der Waals surface area contributed by atoms with Crippen LogP contribution in [0.1, 0.15) is 24.5 Å². The Bertz CT molecular complexity index is 318. The van der Waals surface area contributed by atoms with Gasteiger partial charge in [0.2, 0.25) is 0 Å². The van der Waals surface area contributed by atoms with Crippen molar-refractivity contribution < 1.29 is 9.84 Å². The van der Waals surface area contributed by atoms with Crippen LogP contribution < -0.4 is 4.74 Å². The molecule has 14 heavy (non-hydrogen) atoms. The quantitative estimate of drug-likeness (QED) is 0.793. The van der Waals surface area contributed by atoms with Crippen LogP contribution in [0, 0.1) is 0 Å². The topological polar surface area (TPSA) is 29.5 Å². The second kappa shape index (κ2) is 4.01. The molecule has 0 amide bonds. The molecule has 1 aromatic carbocycles. The van der Waals surface area contributed by atoms with Crippen molar-refractivity contribution in [3.63, 3.8) is 0 Å². The van der Waals surface area contributed by atoms with Gasteiger partial charge in [-0.2, -0.15) is 0 Å². The smallest absolute Gasteiger partial charge is 0.125 e. The standard InChI is InChI=1S/C12H16O2/c1-9(13)5-6-10-3-2-4-11-7-8-14-12(10)11/h2-4,9,13H,5-8H2,1H3. The molecular weight excluding hydrogens is 176 g/mol. The summed E-state index contributed by atoms with van der Waals surface area (Å²) in [5.74, 6) is 1.06. The Morgan fingerprint density at radius 3 is 3.14 bits per heavy atom. The summed E-state index contributed by atoms with van der Waals surface area (Å²) in [5.41, 5.74) is 2.55. The van der Waals surface area contributed by atoms with Gasteiger partial charge in [-0.3, -0.25) is 0 Å². The molecule has 0 spiro atoms. The molecule has 1 aromatic rings. The van der Waals surface area contributed by atoms with Crippen LogP contribution in [0.2, 0.25) is 0 Å².